The fraction of sp³-hybridized carbons (Fsp3) is 0.111. The average Bonchev–Trinajstić information content (AvgIpc) is 3.33. The molecule has 1 fully saturated rings. The average molecular weight is 466 g/mol. The fourth-order valence-corrected chi connectivity index (χ4v) is 4.85. The molecule has 1 atom stereocenters. The van der Waals surface area contributed by atoms with E-state index in [-0.39, 0.29) is 24.6 Å². The monoisotopic (exact) mass is 466 g/mol. The van der Waals surface area contributed by atoms with Gasteiger partial charge in [0.25, 0.3) is 11.8 Å². The number of nitrogens with one attached hydrogen (secondary N) is 2. The lowest BCUT2D eigenvalue weighted by Crippen LogP contribution is -2.52. The van der Waals surface area contributed by atoms with Crippen LogP contribution in [0, 0.1) is 5.82 Å². The standard InChI is InChI=1S/C27H19FN4O3/c28-21-9-5-19-14-32(24(33)22(19)13-21)15-27(25(34)30-26(35)31-27)20-7-3-16(4-8-20)17-6-10-23-18(12-17)2-1-11-29-23/h1-13H,14-15H2,(H2,30,31,34,35)/t27-/m1/s1. The van der Waals surface area contributed by atoms with Crippen molar-refractivity contribution in [3.63, 3.8) is 0 Å². The zero-order valence-electron chi connectivity index (χ0n) is 18.4. The van der Waals surface area contributed by atoms with Crippen LogP contribution in [0.4, 0.5) is 9.18 Å². The Bertz CT molecular complexity index is 1540. The van der Waals surface area contributed by atoms with Crippen LogP contribution in [0.3, 0.4) is 0 Å². The van der Waals surface area contributed by atoms with E-state index in [1.54, 1.807) is 24.4 Å². The minimum absolute atomic E-state index is 0.0826. The minimum atomic E-state index is -1.46. The summed E-state index contributed by atoms with van der Waals surface area (Å²) in [6, 6.07) is 20.6. The Morgan fingerprint density at radius 1 is 0.943 bits per heavy atom. The highest BCUT2D eigenvalue weighted by molar-refractivity contribution is 6.08. The maximum absolute atomic E-state index is 13.7. The summed E-state index contributed by atoms with van der Waals surface area (Å²) in [7, 11) is 0. The smallest absolute Gasteiger partial charge is 0.322 e. The predicted molar refractivity (Wildman–Crippen MR) is 127 cm³/mol. The number of hydrogen-bond acceptors (Lipinski definition) is 4. The van der Waals surface area contributed by atoms with Gasteiger partial charge in [0.2, 0.25) is 0 Å². The van der Waals surface area contributed by atoms with E-state index < -0.39 is 23.3 Å². The summed E-state index contributed by atoms with van der Waals surface area (Å²) in [5.41, 5.74) is 2.84. The third kappa shape index (κ3) is 3.42. The molecular formula is C27H19FN4O3. The van der Waals surface area contributed by atoms with E-state index in [4.69, 9.17) is 0 Å². The topological polar surface area (TPSA) is 91.4 Å². The third-order valence-electron chi connectivity index (χ3n) is 6.63. The number of urea groups is 1. The Morgan fingerprint density at radius 2 is 1.74 bits per heavy atom. The molecule has 4 aromatic rings. The number of amides is 4. The number of pyridine rings is 1. The van der Waals surface area contributed by atoms with Gasteiger partial charge in [-0.1, -0.05) is 42.5 Å². The molecular weight excluding hydrogens is 447 g/mol. The summed E-state index contributed by atoms with van der Waals surface area (Å²) in [5.74, 6) is -1.42. The van der Waals surface area contributed by atoms with Crippen LogP contribution in [0.25, 0.3) is 22.0 Å². The molecule has 7 nitrogen and oxygen atoms in total. The lowest BCUT2D eigenvalue weighted by Gasteiger charge is -2.31. The molecule has 6 rings (SSSR count). The van der Waals surface area contributed by atoms with Crippen LogP contribution in [0.2, 0.25) is 0 Å². The Labute approximate surface area is 199 Å². The maximum atomic E-state index is 13.7. The first-order valence-electron chi connectivity index (χ1n) is 11.1. The quantitative estimate of drug-likeness (QED) is 0.449. The Morgan fingerprint density at radius 3 is 2.51 bits per heavy atom. The number of carbonyl (C=O) groups is 3. The zero-order chi connectivity index (χ0) is 24.2. The van der Waals surface area contributed by atoms with Crippen LogP contribution in [0.1, 0.15) is 21.5 Å². The first kappa shape index (κ1) is 21.0. The molecule has 4 amide bonds. The van der Waals surface area contributed by atoms with Crippen molar-refractivity contribution in [1.82, 2.24) is 20.5 Å². The molecule has 1 aromatic heterocycles. The number of carbonyl (C=O) groups excluding carboxylic acids is 3. The molecule has 8 heteroatoms. The van der Waals surface area contributed by atoms with Gasteiger partial charge >= 0.3 is 6.03 Å². The number of aromatic nitrogens is 1. The van der Waals surface area contributed by atoms with Gasteiger partial charge < -0.3 is 10.2 Å². The molecule has 2 aliphatic heterocycles. The summed E-state index contributed by atoms with van der Waals surface area (Å²) in [5, 5.41) is 6.04. The lowest BCUT2D eigenvalue weighted by molar-refractivity contribution is -0.124. The van der Waals surface area contributed by atoms with Crippen molar-refractivity contribution < 1.29 is 18.8 Å². The zero-order valence-corrected chi connectivity index (χ0v) is 18.4. The van der Waals surface area contributed by atoms with Gasteiger partial charge in [0, 0.05) is 23.7 Å². The van der Waals surface area contributed by atoms with E-state index in [1.165, 1.54) is 17.0 Å². The molecule has 1 saturated heterocycles. The fourth-order valence-electron chi connectivity index (χ4n) is 4.85. The first-order chi connectivity index (χ1) is 16.9. The predicted octanol–water partition coefficient (Wildman–Crippen LogP) is 3.73. The molecule has 0 unspecified atom stereocenters. The summed E-state index contributed by atoms with van der Waals surface area (Å²) in [6.45, 7) is 0.142. The molecule has 0 saturated carbocycles. The van der Waals surface area contributed by atoms with Crippen molar-refractivity contribution in [2.24, 2.45) is 0 Å². The number of nitrogens with zero attached hydrogens (tertiary/aromatic N) is 2. The third-order valence-corrected chi connectivity index (χ3v) is 6.63. The van der Waals surface area contributed by atoms with E-state index in [0.29, 0.717) is 11.1 Å². The van der Waals surface area contributed by atoms with Gasteiger partial charge in [-0.3, -0.25) is 19.9 Å². The van der Waals surface area contributed by atoms with Crippen molar-refractivity contribution in [1.29, 1.82) is 0 Å². The van der Waals surface area contributed by atoms with Crippen molar-refractivity contribution in [2.75, 3.05) is 6.54 Å². The second-order valence-electron chi connectivity index (χ2n) is 8.76. The molecule has 3 heterocycles. The van der Waals surface area contributed by atoms with Crippen molar-refractivity contribution >= 4 is 28.7 Å². The molecule has 0 aliphatic carbocycles. The van der Waals surface area contributed by atoms with Crippen molar-refractivity contribution in [3.8, 4) is 11.1 Å². The SMILES string of the molecule is O=C1NC(=O)[C@@](CN2Cc3ccc(F)cc3C2=O)(c2ccc(-c3ccc4ncccc4c3)cc2)N1. The van der Waals surface area contributed by atoms with E-state index in [9.17, 15) is 18.8 Å². The molecule has 2 aliphatic rings. The lowest BCUT2D eigenvalue weighted by atomic mass is 9.88. The van der Waals surface area contributed by atoms with Crippen LogP contribution >= 0.6 is 0 Å². The second-order valence-corrected chi connectivity index (χ2v) is 8.76. The first-order valence-corrected chi connectivity index (χ1v) is 11.1. The summed E-state index contributed by atoms with van der Waals surface area (Å²) >= 11 is 0. The number of fused-ring (bicyclic) bond motifs is 2. The number of imide groups is 1. The number of halogens is 1. The van der Waals surface area contributed by atoms with Gasteiger partial charge in [-0.2, -0.15) is 0 Å². The molecule has 0 spiro atoms. The van der Waals surface area contributed by atoms with Gasteiger partial charge in [0.15, 0.2) is 5.54 Å². The highest BCUT2D eigenvalue weighted by Gasteiger charge is 2.50. The summed E-state index contributed by atoms with van der Waals surface area (Å²) in [6.07, 6.45) is 1.75. The number of benzene rings is 3. The van der Waals surface area contributed by atoms with E-state index in [0.717, 1.165) is 22.0 Å². The summed E-state index contributed by atoms with van der Waals surface area (Å²) < 4.78 is 13.7. The van der Waals surface area contributed by atoms with Gasteiger partial charge in [-0.25, -0.2) is 9.18 Å². The number of rotatable bonds is 4. The highest BCUT2D eigenvalue weighted by Crippen LogP contribution is 2.33. The number of hydrogen-bond donors (Lipinski definition) is 2. The van der Waals surface area contributed by atoms with Gasteiger partial charge in [-0.15, -0.1) is 0 Å². The molecule has 3 aromatic carbocycles. The van der Waals surface area contributed by atoms with Crippen molar-refractivity contribution in [2.45, 2.75) is 12.1 Å². The molecule has 0 radical (unpaired) electrons. The second kappa shape index (κ2) is 7.73. The maximum Gasteiger partial charge on any atom is 0.322 e. The molecule has 172 valence electrons. The van der Waals surface area contributed by atoms with Crippen LogP contribution in [-0.2, 0) is 16.9 Å². The van der Waals surface area contributed by atoms with Crippen LogP contribution in [0.15, 0.2) is 79.0 Å². The highest BCUT2D eigenvalue weighted by atomic mass is 19.1. The molecule has 2 N–H and O–H groups in total. The van der Waals surface area contributed by atoms with Crippen LogP contribution in [0.5, 0.6) is 0 Å². The Kier molecular flexibility index (Phi) is 4.63. The van der Waals surface area contributed by atoms with Crippen molar-refractivity contribution in [3.05, 3.63) is 102 Å². The van der Waals surface area contributed by atoms with Gasteiger partial charge in [-0.05, 0) is 52.6 Å². The van der Waals surface area contributed by atoms with Crippen LogP contribution < -0.4 is 10.6 Å². The molecule has 0 bridgehead atoms. The van der Waals surface area contributed by atoms with E-state index in [1.807, 2.05) is 42.5 Å². The van der Waals surface area contributed by atoms with Gasteiger partial charge in [0.1, 0.15) is 5.82 Å². The van der Waals surface area contributed by atoms with Crippen LogP contribution in [-0.4, -0.2) is 34.3 Å². The van der Waals surface area contributed by atoms with E-state index in [2.05, 4.69) is 15.6 Å². The summed E-state index contributed by atoms with van der Waals surface area (Å²) in [4.78, 5) is 44.0. The minimum Gasteiger partial charge on any atom is -0.331 e. The Balaban J connectivity index is 1.34. The Hall–Kier alpha value is -4.59. The normalized spacial score (nSPS) is 19.1. The largest absolute Gasteiger partial charge is 0.331 e. The molecule has 35 heavy (non-hydrogen) atoms. The van der Waals surface area contributed by atoms with Gasteiger partial charge in [0.05, 0.1) is 12.1 Å². The van der Waals surface area contributed by atoms with E-state index >= 15 is 0 Å².